The van der Waals surface area contributed by atoms with Crippen LogP contribution in [0.3, 0.4) is 0 Å². The number of anilines is 1. The highest BCUT2D eigenvalue weighted by Crippen LogP contribution is 2.30. The van der Waals surface area contributed by atoms with Gasteiger partial charge in [-0.1, -0.05) is 12.1 Å². The Morgan fingerprint density at radius 3 is 2.85 bits per heavy atom. The molecule has 0 radical (unpaired) electrons. The third-order valence-electron chi connectivity index (χ3n) is 4.78. The SMILES string of the molecule is CN=C(NCc1nnc(C)n1C)NC1CCN(c2ccccc2OC)C1. The molecule has 26 heavy (non-hydrogen) atoms. The molecule has 0 saturated carbocycles. The number of nitrogens with zero attached hydrogens (tertiary/aromatic N) is 5. The van der Waals surface area contributed by atoms with Gasteiger partial charge in [0.25, 0.3) is 0 Å². The smallest absolute Gasteiger partial charge is 0.191 e. The normalized spacial score (nSPS) is 17.5. The molecule has 1 aliphatic rings. The van der Waals surface area contributed by atoms with Crippen LogP contribution >= 0.6 is 0 Å². The molecule has 1 aromatic carbocycles. The summed E-state index contributed by atoms with van der Waals surface area (Å²) in [5, 5.41) is 15.1. The largest absolute Gasteiger partial charge is 0.495 e. The van der Waals surface area contributed by atoms with Crippen LogP contribution in [0.4, 0.5) is 5.69 Å². The van der Waals surface area contributed by atoms with Crippen molar-refractivity contribution in [2.24, 2.45) is 12.0 Å². The lowest BCUT2D eigenvalue weighted by Gasteiger charge is -2.22. The Morgan fingerprint density at radius 1 is 1.35 bits per heavy atom. The van der Waals surface area contributed by atoms with Crippen molar-refractivity contribution in [3.63, 3.8) is 0 Å². The second-order valence-corrected chi connectivity index (χ2v) is 6.40. The first kappa shape index (κ1) is 18.0. The average Bonchev–Trinajstić information content (AvgIpc) is 3.26. The van der Waals surface area contributed by atoms with Crippen molar-refractivity contribution in [3.8, 4) is 5.75 Å². The third-order valence-corrected chi connectivity index (χ3v) is 4.78. The van der Waals surface area contributed by atoms with E-state index in [1.54, 1.807) is 14.2 Å². The van der Waals surface area contributed by atoms with Crippen LogP contribution in [0.5, 0.6) is 5.75 Å². The van der Waals surface area contributed by atoms with Crippen molar-refractivity contribution < 1.29 is 4.74 Å². The van der Waals surface area contributed by atoms with E-state index in [2.05, 4.69) is 36.8 Å². The van der Waals surface area contributed by atoms with Crippen LogP contribution in [0.2, 0.25) is 0 Å². The van der Waals surface area contributed by atoms with Gasteiger partial charge in [-0.2, -0.15) is 0 Å². The Morgan fingerprint density at radius 2 is 2.15 bits per heavy atom. The highest BCUT2D eigenvalue weighted by Gasteiger charge is 2.25. The summed E-state index contributed by atoms with van der Waals surface area (Å²) in [6.45, 7) is 4.41. The molecule has 1 unspecified atom stereocenters. The number of benzene rings is 1. The van der Waals surface area contributed by atoms with Crippen molar-refractivity contribution in [2.75, 3.05) is 32.1 Å². The number of ether oxygens (including phenoxy) is 1. The second kappa shape index (κ2) is 8.07. The fraction of sp³-hybridized carbons (Fsp3) is 0.500. The van der Waals surface area contributed by atoms with Crippen LogP contribution in [0.1, 0.15) is 18.1 Å². The molecule has 2 N–H and O–H groups in total. The van der Waals surface area contributed by atoms with E-state index in [-0.39, 0.29) is 0 Å². The molecule has 1 aliphatic heterocycles. The number of rotatable bonds is 5. The number of aryl methyl sites for hydroxylation is 1. The molecule has 0 aliphatic carbocycles. The van der Waals surface area contributed by atoms with Gasteiger partial charge >= 0.3 is 0 Å². The minimum absolute atomic E-state index is 0.326. The zero-order valence-electron chi connectivity index (χ0n) is 15.9. The first-order valence-corrected chi connectivity index (χ1v) is 8.82. The second-order valence-electron chi connectivity index (χ2n) is 6.40. The molecule has 8 heteroatoms. The first-order chi connectivity index (χ1) is 12.6. The number of nitrogens with one attached hydrogen (secondary N) is 2. The molecule has 2 heterocycles. The van der Waals surface area contributed by atoms with Crippen LogP contribution in [0.15, 0.2) is 29.3 Å². The minimum Gasteiger partial charge on any atom is -0.495 e. The van der Waals surface area contributed by atoms with Gasteiger partial charge in [0.2, 0.25) is 0 Å². The lowest BCUT2D eigenvalue weighted by molar-refractivity contribution is 0.415. The molecule has 0 amide bonds. The van der Waals surface area contributed by atoms with E-state index in [1.807, 2.05) is 36.7 Å². The summed E-state index contributed by atoms with van der Waals surface area (Å²) in [4.78, 5) is 6.67. The Balaban J connectivity index is 1.56. The lowest BCUT2D eigenvalue weighted by Crippen LogP contribution is -2.44. The maximum absolute atomic E-state index is 5.48. The van der Waals surface area contributed by atoms with Crippen molar-refractivity contribution in [1.82, 2.24) is 25.4 Å². The van der Waals surface area contributed by atoms with E-state index in [0.717, 1.165) is 48.6 Å². The number of hydrogen-bond donors (Lipinski definition) is 2. The Labute approximate surface area is 154 Å². The monoisotopic (exact) mass is 357 g/mol. The predicted octanol–water partition coefficient (Wildman–Crippen LogP) is 1.08. The van der Waals surface area contributed by atoms with E-state index in [9.17, 15) is 0 Å². The molecule has 0 spiro atoms. The van der Waals surface area contributed by atoms with Gasteiger partial charge < -0.3 is 24.8 Å². The average molecular weight is 357 g/mol. The van der Waals surface area contributed by atoms with Crippen LogP contribution in [0, 0.1) is 6.92 Å². The topological polar surface area (TPSA) is 79.6 Å². The van der Waals surface area contributed by atoms with Crippen molar-refractivity contribution >= 4 is 11.6 Å². The summed E-state index contributed by atoms with van der Waals surface area (Å²) >= 11 is 0. The highest BCUT2D eigenvalue weighted by molar-refractivity contribution is 5.80. The summed E-state index contributed by atoms with van der Waals surface area (Å²) in [5.74, 6) is 3.46. The molecule has 140 valence electrons. The van der Waals surface area contributed by atoms with Crippen LogP contribution < -0.4 is 20.3 Å². The van der Waals surface area contributed by atoms with Gasteiger partial charge in [0, 0.05) is 33.2 Å². The minimum atomic E-state index is 0.326. The molecule has 1 aromatic heterocycles. The lowest BCUT2D eigenvalue weighted by atomic mass is 10.2. The van der Waals surface area contributed by atoms with Gasteiger partial charge in [0.15, 0.2) is 11.8 Å². The predicted molar refractivity (Wildman–Crippen MR) is 103 cm³/mol. The summed E-state index contributed by atoms with van der Waals surface area (Å²) in [6, 6.07) is 8.47. The molecule has 8 nitrogen and oxygen atoms in total. The Kier molecular flexibility index (Phi) is 5.60. The molecular weight excluding hydrogens is 330 g/mol. The van der Waals surface area contributed by atoms with E-state index in [1.165, 1.54) is 0 Å². The van der Waals surface area contributed by atoms with E-state index in [4.69, 9.17) is 4.74 Å². The Hall–Kier alpha value is -2.77. The molecular formula is C18H27N7O. The van der Waals surface area contributed by atoms with Crippen LogP contribution in [-0.2, 0) is 13.6 Å². The summed E-state index contributed by atoms with van der Waals surface area (Å²) in [6.07, 6.45) is 1.04. The summed E-state index contributed by atoms with van der Waals surface area (Å²) < 4.78 is 7.45. The van der Waals surface area contributed by atoms with Gasteiger partial charge in [-0.15, -0.1) is 10.2 Å². The van der Waals surface area contributed by atoms with Crippen LogP contribution in [0.25, 0.3) is 0 Å². The number of para-hydroxylation sites is 2. The summed E-state index contributed by atoms with van der Waals surface area (Å²) in [5.41, 5.74) is 1.14. The van der Waals surface area contributed by atoms with Crippen molar-refractivity contribution in [3.05, 3.63) is 35.9 Å². The van der Waals surface area contributed by atoms with E-state index < -0.39 is 0 Å². The molecule has 1 saturated heterocycles. The number of hydrogen-bond acceptors (Lipinski definition) is 5. The number of guanidine groups is 1. The summed E-state index contributed by atoms with van der Waals surface area (Å²) in [7, 11) is 5.46. The van der Waals surface area contributed by atoms with Crippen LogP contribution in [-0.4, -0.2) is 54.0 Å². The molecule has 1 fully saturated rings. The zero-order valence-corrected chi connectivity index (χ0v) is 15.9. The van der Waals surface area contributed by atoms with E-state index in [0.29, 0.717) is 12.6 Å². The van der Waals surface area contributed by atoms with Crippen molar-refractivity contribution in [1.29, 1.82) is 0 Å². The van der Waals surface area contributed by atoms with Gasteiger partial charge in [-0.05, 0) is 25.5 Å². The van der Waals surface area contributed by atoms with Gasteiger partial charge in [0.05, 0.1) is 19.3 Å². The first-order valence-electron chi connectivity index (χ1n) is 8.82. The standard InChI is InChI=1S/C18H27N7O/c1-13-22-23-17(24(13)3)11-20-18(19-2)21-14-9-10-25(12-14)15-7-5-6-8-16(15)26-4/h5-8,14H,9-12H2,1-4H3,(H2,19,20,21). The van der Waals surface area contributed by atoms with Gasteiger partial charge in [-0.3, -0.25) is 4.99 Å². The quantitative estimate of drug-likeness (QED) is 0.616. The maximum atomic E-state index is 5.48. The maximum Gasteiger partial charge on any atom is 0.191 e. The van der Waals surface area contributed by atoms with Crippen molar-refractivity contribution in [2.45, 2.75) is 25.9 Å². The number of aromatic nitrogens is 3. The Bertz CT molecular complexity index is 771. The van der Waals surface area contributed by atoms with Gasteiger partial charge in [0.1, 0.15) is 11.6 Å². The molecule has 2 aromatic rings. The third kappa shape index (κ3) is 3.89. The van der Waals surface area contributed by atoms with E-state index >= 15 is 0 Å². The number of methoxy groups -OCH3 is 1. The molecule has 1 atom stereocenters. The molecule has 3 rings (SSSR count). The zero-order chi connectivity index (χ0) is 18.5. The van der Waals surface area contributed by atoms with Gasteiger partial charge in [-0.25, -0.2) is 0 Å². The fourth-order valence-corrected chi connectivity index (χ4v) is 3.14. The number of aliphatic imine (C=N–C) groups is 1. The molecule has 0 bridgehead atoms. The fourth-order valence-electron chi connectivity index (χ4n) is 3.14. The highest BCUT2D eigenvalue weighted by atomic mass is 16.5.